The smallest absolute Gasteiger partial charge is 0.242 e. The molecular formula is C21H25N3O3. The largest absolute Gasteiger partial charge is 0.497 e. The lowest BCUT2D eigenvalue weighted by atomic mass is 10.3. The number of aromatic nitrogens is 2. The average Bonchev–Trinajstić information content (AvgIpc) is 3.05. The predicted octanol–water partition coefficient (Wildman–Crippen LogP) is 3.49. The number of hydrogen-bond acceptors (Lipinski definition) is 4. The Balaban J connectivity index is 1.84. The number of benzene rings is 2. The number of para-hydroxylation sites is 2. The zero-order valence-electron chi connectivity index (χ0n) is 16.0. The quantitative estimate of drug-likeness (QED) is 0.611. The molecule has 6 nitrogen and oxygen atoms in total. The first-order chi connectivity index (χ1) is 13.2. The second-order valence-electron chi connectivity index (χ2n) is 6.13. The monoisotopic (exact) mass is 367 g/mol. The molecule has 0 fully saturated rings. The first-order valence-electron chi connectivity index (χ1n) is 9.15. The summed E-state index contributed by atoms with van der Waals surface area (Å²) in [7, 11) is 1.63. The Morgan fingerprint density at radius 2 is 1.70 bits per heavy atom. The minimum absolute atomic E-state index is 0.0776. The molecule has 0 bridgehead atoms. The lowest BCUT2D eigenvalue weighted by Gasteiger charge is -2.20. The molecule has 3 rings (SSSR count). The molecule has 0 N–H and O–H groups in total. The normalized spacial score (nSPS) is 10.8. The van der Waals surface area contributed by atoms with Crippen LogP contribution in [0.2, 0.25) is 0 Å². The highest BCUT2D eigenvalue weighted by Gasteiger charge is 2.17. The van der Waals surface area contributed by atoms with Crippen LogP contribution < -0.4 is 9.47 Å². The fourth-order valence-electron chi connectivity index (χ4n) is 3.04. The number of hydrogen-bond donors (Lipinski definition) is 0. The van der Waals surface area contributed by atoms with Gasteiger partial charge in [0.2, 0.25) is 5.91 Å². The second kappa shape index (κ2) is 8.58. The Morgan fingerprint density at radius 1 is 1.04 bits per heavy atom. The maximum atomic E-state index is 12.6. The average molecular weight is 367 g/mol. The summed E-state index contributed by atoms with van der Waals surface area (Å²) in [6.45, 7) is 5.90. The van der Waals surface area contributed by atoms with E-state index in [1.54, 1.807) is 7.11 Å². The fourth-order valence-corrected chi connectivity index (χ4v) is 3.04. The number of likely N-dealkylation sites (N-methyl/N-ethyl adjacent to an activating group) is 1. The van der Waals surface area contributed by atoms with Gasteiger partial charge in [-0.1, -0.05) is 12.1 Å². The van der Waals surface area contributed by atoms with Gasteiger partial charge in [-0.15, -0.1) is 0 Å². The Bertz CT molecular complexity index is 899. The second-order valence-corrected chi connectivity index (χ2v) is 6.13. The summed E-state index contributed by atoms with van der Waals surface area (Å²) >= 11 is 0. The molecule has 27 heavy (non-hydrogen) atoms. The summed E-state index contributed by atoms with van der Waals surface area (Å²) in [5.41, 5.74) is 1.80. The minimum Gasteiger partial charge on any atom is -0.497 e. The third kappa shape index (κ3) is 4.22. The molecule has 0 saturated heterocycles. The van der Waals surface area contributed by atoms with Crippen LogP contribution >= 0.6 is 0 Å². The number of methoxy groups -OCH3 is 1. The van der Waals surface area contributed by atoms with Gasteiger partial charge in [-0.3, -0.25) is 4.79 Å². The maximum absolute atomic E-state index is 12.6. The number of nitrogens with zero attached hydrogens (tertiary/aromatic N) is 3. The molecule has 142 valence electrons. The zero-order chi connectivity index (χ0) is 19.2. The van der Waals surface area contributed by atoms with E-state index in [1.165, 1.54) is 0 Å². The van der Waals surface area contributed by atoms with Crippen LogP contribution in [0.1, 0.15) is 19.7 Å². The van der Waals surface area contributed by atoms with Crippen LogP contribution in [-0.2, 0) is 17.9 Å². The van der Waals surface area contributed by atoms with Crippen LogP contribution in [0.3, 0.4) is 0 Å². The predicted molar refractivity (Wildman–Crippen MR) is 105 cm³/mol. The van der Waals surface area contributed by atoms with Crippen molar-refractivity contribution in [3.8, 4) is 11.5 Å². The van der Waals surface area contributed by atoms with E-state index < -0.39 is 0 Å². The third-order valence-corrected chi connectivity index (χ3v) is 4.57. The van der Waals surface area contributed by atoms with E-state index in [9.17, 15) is 4.79 Å². The van der Waals surface area contributed by atoms with E-state index in [1.807, 2.05) is 71.8 Å². The molecule has 1 heterocycles. The number of ether oxygens (including phenoxy) is 2. The summed E-state index contributed by atoms with van der Waals surface area (Å²) in [6.07, 6.45) is 0. The highest BCUT2D eigenvalue weighted by atomic mass is 16.5. The van der Waals surface area contributed by atoms with Gasteiger partial charge in [0.15, 0.2) is 0 Å². The van der Waals surface area contributed by atoms with Crippen molar-refractivity contribution < 1.29 is 14.3 Å². The van der Waals surface area contributed by atoms with E-state index in [2.05, 4.69) is 4.98 Å². The van der Waals surface area contributed by atoms with Crippen molar-refractivity contribution in [2.75, 3.05) is 20.2 Å². The van der Waals surface area contributed by atoms with Gasteiger partial charge in [0.05, 0.1) is 18.1 Å². The van der Waals surface area contributed by atoms with Crippen LogP contribution in [0, 0.1) is 0 Å². The number of carbonyl (C=O) groups is 1. The van der Waals surface area contributed by atoms with Crippen LogP contribution in [0.15, 0.2) is 48.5 Å². The topological polar surface area (TPSA) is 56.6 Å². The van der Waals surface area contributed by atoms with Crippen molar-refractivity contribution in [3.63, 3.8) is 0 Å². The van der Waals surface area contributed by atoms with E-state index in [0.29, 0.717) is 13.1 Å². The number of amides is 1. The van der Waals surface area contributed by atoms with Gasteiger partial charge in [0, 0.05) is 13.1 Å². The first-order valence-corrected chi connectivity index (χ1v) is 9.15. The van der Waals surface area contributed by atoms with Crippen molar-refractivity contribution >= 4 is 16.9 Å². The molecule has 0 saturated carbocycles. The van der Waals surface area contributed by atoms with Gasteiger partial charge in [0.25, 0.3) is 0 Å². The van der Waals surface area contributed by atoms with Gasteiger partial charge in [-0.05, 0) is 50.2 Å². The third-order valence-electron chi connectivity index (χ3n) is 4.57. The van der Waals surface area contributed by atoms with Gasteiger partial charge >= 0.3 is 0 Å². The number of rotatable bonds is 8. The molecule has 0 aliphatic carbocycles. The van der Waals surface area contributed by atoms with Crippen molar-refractivity contribution in [1.82, 2.24) is 14.5 Å². The van der Waals surface area contributed by atoms with Gasteiger partial charge in [-0.2, -0.15) is 0 Å². The summed E-state index contributed by atoms with van der Waals surface area (Å²) in [5.74, 6) is 2.31. The highest BCUT2D eigenvalue weighted by Crippen LogP contribution is 2.20. The molecule has 1 aromatic heterocycles. The van der Waals surface area contributed by atoms with Crippen molar-refractivity contribution in [3.05, 3.63) is 54.4 Å². The van der Waals surface area contributed by atoms with E-state index in [-0.39, 0.29) is 19.1 Å². The number of fused-ring (bicyclic) bond motifs is 1. The molecule has 0 aliphatic heterocycles. The van der Waals surface area contributed by atoms with Gasteiger partial charge < -0.3 is 18.9 Å². The molecule has 3 aromatic rings. The van der Waals surface area contributed by atoms with Crippen LogP contribution in [0.4, 0.5) is 0 Å². The van der Waals surface area contributed by atoms with Crippen LogP contribution in [0.25, 0.3) is 11.0 Å². The van der Waals surface area contributed by atoms with Crippen molar-refractivity contribution in [2.45, 2.75) is 27.0 Å². The summed E-state index contributed by atoms with van der Waals surface area (Å²) in [5, 5.41) is 0. The Kier molecular flexibility index (Phi) is 5.96. The lowest BCUT2D eigenvalue weighted by molar-refractivity contribution is -0.131. The lowest BCUT2D eigenvalue weighted by Crippen LogP contribution is -2.33. The first kappa shape index (κ1) is 18.8. The standard InChI is InChI=1S/C21H25N3O3/c1-4-23(5-2)21(25)14-24-19-9-7-6-8-18(19)22-20(24)15-27-17-12-10-16(26-3)11-13-17/h6-13H,4-5,14-15H2,1-3H3. The Morgan fingerprint density at radius 3 is 2.37 bits per heavy atom. The van der Waals surface area contributed by atoms with Crippen LogP contribution in [-0.4, -0.2) is 40.6 Å². The Labute approximate surface area is 159 Å². The van der Waals surface area contributed by atoms with Gasteiger partial charge in [0.1, 0.15) is 30.5 Å². The molecule has 0 radical (unpaired) electrons. The van der Waals surface area contributed by atoms with E-state index in [4.69, 9.17) is 9.47 Å². The van der Waals surface area contributed by atoms with E-state index in [0.717, 1.165) is 28.4 Å². The summed E-state index contributed by atoms with van der Waals surface area (Å²) in [4.78, 5) is 19.1. The highest BCUT2D eigenvalue weighted by molar-refractivity contribution is 5.81. The van der Waals surface area contributed by atoms with Crippen molar-refractivity contribution in [2.24, 2.45) is 0 Å². The fraction of sp³-hybridized carbons (Fsp3) is 0.333. The summed E-state index contributed by atoms with van der Waals surface area (Å²) < 4.78 is 13.0. The molecule has 0 spiro atoms. The maximum Gasteiger partial charge on any atom is 0.242 e. The summed E-state index contributed by atoms with van der Waals surface area (Å²) in [6, 6.07) is 15.2. The molecule has 6 heteroatoms. The minimum atomic E-state index is 0.0776. The molecule has 2 aromatic carbocycles. The van der Waals surface area contributed by atoms with E-state index >= 15 is 0 Å². The molecular weight excluding hydrogens is 342 g/mol. The zero-order valence-corrected chi connectivity index (χ0v) is 16.0. The number of imidazole rings is 1. The SMILES string of the molecule is CCN(CC)C(=O)Cn1c(COc2ccc(OC)cc2)nc2ccccc21. The molecule has 0 atom stereocenters. The molecule has 0 aliphatic rings. The molecule has 1 amide bonds. The Hall–Kier alpha value is -3.02. The molecule has 0 unspecified atom stereocenters. The van der Waals surface area contributed by atoms with Crippen LogP contribution in [0.5, 0.6) is 11.5 Å². The van der Waals surface area contributed by atoms with Crippen molar-refractivity contribution in [1.29, 1.82) is 0 Å². The van der Waals surface area contributed by atoms with Gasteiger partial charge in [-0.25, -0.2) is 4.98 Å². The number of carbonyl (C=O) groups excluding carboxylic acids is 1.